The minimum Gasteiger partial charge on any atom is -0.493 e. The highest BCUT2D eigenvalue weighted by Crippen LogP contribution is 2.32. The number of methoxy groups -OCH3 is 1. The van der Waals surface area contributed by atoms with Crippen molar-refractivity contribution in [1.82, 2.24) is 15.1 Å². The van der Waals surface area contributed by atoms with E-state index in [0.29, 0.717) is 24.4 Å². The van der Waals surface area contributed by atoms with E-state index in [2.05, 4.69) is 21.2 Å². The Morgan fingerprint density at radius 1 is 0.952 bits per heavy atom. The molecule has 0 aliphatic heterocycles. The Morgan fingerprint density at radius 3 is 2.17 bits per heavy atom. The van der Waals surface area contributed by atoms with E-state index in [-0.39, 0.29) is 0 Å². The van der Waals surface area contributed by atoms with Crippen LogP contribution in [0, 0.1) is 0 Å². The molecule has 1 fully saturated rings. The third kappa shape index (κ3) is 9.56. The lowest BCUT2D eigenvalue weighted by molar-refractivity contribution is -0.170. The maximum atomic E-state index is 10.3. The molecular formula is C29H35N3O10. The smallest absolute Gasteiger partial charge is 0.336 e. The monoisotopic (exact) mass is 585 g/mol. The van der Waals surface area contributed by atoms with Gasteiger partial charge in [-0.05, 0) is 62.6 Å². The van der Waals surface area contributed by atoms with Crippen molar-refractivity contribution < 1.29 is 48.7 Å². The van der Waals surface area contributed by atoms with Crippen molar-refractivity contribution in [2.24, 2.45) is 0 Å². The van der Waals surface area contributed by atoms with E-state index in [9.17, 15) is 14.4 Å². The van der Waals surface area contributed by atoms with Crippen molar-refractivity contribution in [2.75, 3.05) is 14.2 Å². The van der Waals surface area contributed by atoms with Gasteiger partial charge in [-0.2, -0.15) is 0 Å². The minimum absolute atomic E-state index is 0.314. The van der Waals surface area contributed by atoms with Gasteiger partial charge in [0.1, 0.15) is 0 Å². The van der Waals surface area contributed by atoms with Crippen LogP contribution in [0.4, 0.5) is 0 Å². The minimum atomic E-state index is -2.74. The number of carboxylic acids is 3. The molecule has 0 amide bonds. The topological polar surface area (TPSA) is 193 Å². The van der Waals surface area contributed by atoms with Gasteiger partial charge in [0.15, 0.2) is 17.1 Å². The second kappa shape index (κ2) is 14.9. The van der Waals surface area contributed by atoms with Gasteiger partial charge < -0.3 is 34.3 Å². The van der Waals surface area contributed by atoms with Crippen LogP contribution in [-0.4, -0.2) is 79.3 Å². The van der Waals surface area contributed by atoms with Crippen LogP contribution < -0.4 is 9.47 Å². The van der Waals surface area contributed by atoms with Gasteiger partial charge in [0.05, 0.1) is 32.6 Å². The molecule has 42 heavy (non-hydrogen) atoms. The second-order valence-corrected chi connectivity index (χ2v) is 10.0. The third-order valence-electron chi connectivity index (χ3n) is 6.45. The number of carboxylic acid groups (broad SMARTS) is 3. The molecule has 0 atom stereocenters. The highest BCUT2D eigenvalue weighted by molar-refractivity contribution is 5.88. The molecular weight excluding hydrogens is 550 g/mol. The van der Waals surface area contributed by atoms with E-state index in [1.165, 1.54) is 12.8 Å². The van der Waals surface area contributed by atoms with Crippen LogP contribution in [0.25, 0.3) is 11.5 Å². The molecule has 1 aliphatic carbocycles. The summed E-state index contributed by atoms with van der Waals surface area (Å²) in [6.07, 6.45) is 2.78. The van der Waals surface area contributed by atoms with Crippen molar-refractivity contribution in [3.8, 4) is 23.0 Å². The molecule has 1 aromatic heterocycles. The quantitative estimate of drug-likeness (QED) is 0.228. The first-order chi connectivity index (χ1) is 20.0. The zero-order valence-electron chi connectivity index (χ0n) is 23.4. The second-order valence-electron chi connectivity index (χ2n) is 10.0. The average Bonchev–Trinajstić information content (AvgIpc) is 3.62. The molecule has 2 aromatic carbocycles. The van der Waals surface area contributed by atoms with Crippen LogP contribution in [0.15, 0.2) is 52.9 Å². The Kier molecular flexibility index (Phi) is 11.4. The standard InChI is InChI=1S/C23H27N3O3.C6H8O7/c1-26(16-22-24-25-23(29-22)18-8-4-3-5-9-18)15-17-12-13-20(21(14-17)27-2)28-19-10-6-7-11-19;7-3(8)1-6(13,5(11)12)2-4(9)10/h3-5,8-9,12-14,19H,6-7,10-11,15-16H2,1-2H3;13H,1-2H2,(H,7,8)(H,9,10)(H,11,12). The van der Waals surface area contributed by atoms with Gasteiger partial charge in [-0.1, -0.05) is 24.3 Å². The van der Waals surface area contributed by atoms with Gasteiger partial charge in [0, 0.05) is 12.1 Å². The summed E-state index contributed by atoms with van der Waals surface area (Å²) >= 11 is 0. The Balaban J connectivity index is 0.000000316. The fraction of sp³-hybridized carbons (Fsp3) is 0.414. The number of ether oxygens (including phenoxy) is 2. The zero-order chi connectivity index (χ0) is 30.7. The van der Waals surface area contributed by atoms with E-state index in [0.717, 1.165) is 42.0 Å². The Labute approximate surface area is 242 Å². The van der Waals surface area contributed by atoms with Crippen LogP contribution in [0.1, 0.15) is 50.0 Å². The van der Waals surface area contributed by atoms with E-state index in [1.807, 2.05) is 49.5 Å². The Morgan fingerprint density at radius 2 is 1.60 bits per heavy atom. The maximum Gasteiger partial charge on any atom is 0.336 e. The van der Waals surface area contributed by atoms with Crippen molar-refractivity contribution in [3.63, 3.8) is 0 Å². The van der Waals surface area contributed by atoms with Crippen LogP contribution in [-0.2, 0) is 27.5 Å². The molecule has 4 N–H and O–H groups in total. The summed E-state index contributed by atoms with van der Waals surface area (Å²) in [5, 5.41) is 42.1. The summed E-state index contributed by atoms with van der Waals surface area (Å²) in [5.74, 6) is -2.26. The summed E-state index contributed by atoms with van der Waals surface area (Å²) in [5.41, 5.74) is -0.667. The van der Waals surface area contributed by atoms with Crippen molar-refractivity contribution >= 4 is 17.9 Å². The number of carbonyl (C=O) groups is 3. The van der Waals surface area contributed by atoms with Gasteiger partial charge >= 0.3 is 17.9 Å². The number of benzene rings is 2. The molecule has 13 heteroatoms. The van der Waals surface area contributed by atoms with Crippen molar-refractivity contribution in [1.29, 1.82) is 0 Å². The summed E-state index contributed by atoms with van der Waals surface area (Å²) < 4.78 is 17.5. The number of hydrogen-bond donors (Lipinski definition) is 4. The number of rotatable bonds is 13. The van der Waals surface area contributed by atoms with Gasteiger partial charge in [-0.25, -0.2) is 4.79 Å². The van der Waals surface area contributed by atoms with E-state index >= 15 is 0 Å². The number of aliphatic hydroxyl groups is 1. The fourth-order valence-electron chi connectivity index (χ4n) is 4.42. The lowest BCUT2D eigenvalue weighted by Gasteiger charge is -2.18. The summed E-state index contributed by atoms with van der Waals surface area (Å²) in [6.45, 7) is 1.31. The lowest BCUT2D eigenvalue weighted by Crippen LogP contribution is -2.42. The molecule has 1 heterocycles. The molecule has 3 aromatic rings. The fourth-order valence-corrected chi connectivity index (χ4v) is 4.42. The van der Waals surface area contributed by atoms with E-state index in [1.54, 1.807) is 7.11 Å². The molecule has 4 rings (SSSR count). The highest BCUT2D eigenvalue weighted by atomic mass is 16.5. The van der Waals surface area contributed by atoms with Crippen molar-refractivity contribution in [3.05, 3.63) is 60.0 Å². The Bertz CT molecular complexity index is 1320. The van der Waals surface area contributed by atoms with E-state index < -0.39 is 36.4 Å². The molecule has 0 bridgehead atoms. The lowest BCUT2D eigenvalue weighted by atomic mass is 9.96. The number of nitrogens with zero attached hydrogens (tertiary/aromatic N) is 3. The number of aliphatic carboxylic acids is 3. The van der Waals surface area contributed by atoms with Crippen LogP contribution in [0.5, 0.6) is 11.5 Å². The summed E-state index contributed by atoms with van der Waals surface area (Å²) in [7, 11) is 3.72. The van der Waals surface area contributed by atoms with Crippen LogP contribution in [0.2, 0.25) is 0 Å². The van der Waals surface area contributed by atoms with E-state index in [4.69, 9.17) is 34.3 Å². The van der Waals surface area contributed by atoms with Gasteiger partial charge in [-0.15, -0.1) is 10.2 Å². The Hall–Kier alpha value is -4.49. The SMILES string of the molecule is COc1cc(CN(C)Cc2nnc(-c3ccccc3)o2)ccc1OC1CCCC1.O=C(O)CC(O)(CC(=O)O)C(=O)O. The molecule has 1 aliphatic rings. The van der Waals surface area contributed by atoms with Gasteiger partial charge in [-0.3, -0.25) is 14.5 Å². The zero-order valence-corrected chi connectivity index (χ0v) is 23.4. The predicted molar refractivity (Wildman–Crippen MR) is 148 cm³/mol. The summed E-state index contributed by atoms with van der Waals surface area (Å²) in [4.78, 5) is 32.6. The maximum absolute atomic E-state index is 10.3. The molecule has 13 nitrogen and oxygen atoms in total. The predicted octanol–water partition coefficient (Wildman–Crippen LogP) is 3.45. The molecule has 1 saturated carbocycles. The molecule has 0 radical (unpaired) electrons. The van der Waals surface area contributed by atoms with Crippen LogP contribution >= 0.6 is 0 Å². The normalized spacial score (nSPS) is 13.3. The first-order valence-corrected chi connectivity index (χ1v) is 13.3. The van der Waals surface area contributed by atoms with Crippen molar-refractivity contribution in [2.45, 2.75) is 63.3 Å². The van der Waals surface area contributed by atoms with Crippen LogP contribution in [0.3, 0.4) is 0 Å². The first kappa shape index (κ1) is 32.0. The molecule has 0 unspecified atom stereocenters. The largest absolute Gasteiger partial charge is 0.493 e. The average molecular weight is 586 g/mol. The molecule has 226 valence electrons. The highest BCUT2D eigenvalue weighted by Gasteiger charge is 2.40. The number of aromatic nitrogens is 2. The first-order valence-electron chi connectivity index (χ1n) is 13.3. The van der Waals surface area contributed by atoms with Gasteiger partial charge in [0.2, 0.25) is 11.8 Å². The number of hydrogen-bond acceptors (Lipinski definition) is 10. The summed E-state index contributed by atoms with van der Waals surface area (Å²) in [6, 6.07) is 16.0. The molecule has 0 spiro atoms. The third-order valence-corrected chi connectivity index (χ3v) is 6.45. The molecule has 0 saturated heterocycles. The van der Waals surface area contributed by atoms with Gasteiger partial charge in [0.25, 0.3) is 0 Å².